The van der Waals surface area contributed by atoms with E-state index in [4.69, 9.17) is 9.05 Å². The SMILES string of the molecule is CCCCC/C=C/CC/C=C/CCCC(O)C(O)C(COP(=O)(O)OCC[N+](C)(C)C)NC(=O)CCCCCCCCCCCCCCCCCCCCCCC/C=C\CCCCCCCCCC. The van der Waals surface area contributed by atoms with Crippen LogP contribution >= 0.6 is 7.82 Å². The first-order valence-electron chi connectivity index (χ1n) is 29.4. The largest absolute Gasteiger partial charge is 0.472 e. The molecule has 0 aliphatic rings. The van der Waals surface area contributed by atoms with Crippen molar-refractivity contribution < 1.29 is 38.0 Å². The lowest BCUT2D eigenvalue weighted by Gasteiger charge is -2.28. The number of hydrogen-bond donors (Lipinski definition) is 4. The van der Waals surface area contributed by atoms with Crippen molar-refractivity contribution in [2.45, 2.75) is 295 Å². The molecule has 0 heterocycles. The number of unbranched alkanes of at least 4 members (excludes halogenated alkanes) is 34. The van der Waals surface area contributed by atoms with Gasteiger partial charge in [0.2, 0.25) is 5.91 Å². The molecular formula is C59H116N2O7P+. The van der Waals surface area contributed by atoms with E-state index in [0.717, 1.165) is 44.9 Å². The molecule has 4 N–H and O–H groups in total. The van der Waals surface area contributed by atoms with Crippen LogP contribution in [0.15, 0.2) is 36.5 Å². The van der Waals surface area contributed by atoms with Crippen LogP contribution < -0.4 is 5.32 Å². The van der Waals surface area contributed by atoms with E-state index < -0.39 is 32.7 Å². The average Bonchev–Trinajstić information content (AvgIpc) is 3.31. The first kappa shape index (κ1) is 67.7. The summed E-state index contributed by atoms with van der Waals surface area (Å²) in [5, 5.41) is 24.7. The minimum Gasteiger partial charge on any atom is -0.390 e. The van der Waals surface area contributed by atoms with Crippen LogP contribution in [0.5, 0.6) is 0 Å². The summed E-state index contributed by atoms with van der Waals surface area (Å²) in [6.45, 7) is 4.57. The number of allylic oxidation sites excluding steroid dienone is 6. The Morgan fingerprint density at radius 1 is 0.493 bits per heavy atom. The number of phosphoric ester groups is 1. The molecule has 10 heteroatoms. The summed E-state index contributed by atoms with van der Waals surface area (Å²) in [5.74, 6) is -0.269. The predicted molar refractivity (Wildman–Crippen MR) is 297 cm³/mol. The predicted octanol–water partition coefficient (Wildman–Crippen LogP) is 16.7. The lowest BCUT2D eigenvalue weighted by atomic mass is 10.0. The smallest absolute Gasteiger partial charge is 0.390 e. The molecule has 4 unspecified atom stereocenters. The maximum Gasteiger partial charge on any atom is 0.472 e. The normalized spacial score (nSPS) is 14.6. The van der Waals surface area contributed by atoms with E-state index in [1.165, 1.54) is 199 Å². The third kappa shape index (κ3) is 51.4. The molecule has 0 aromatic rings. The molecule has 0 aromatic heterocycles. The van der Waals surface area contributed by atoms with E-state index >= 15 is 0 Å². The molecule has 0 rings (SSSR count). The van der Waals surface area contributed by atoms with Gasteiger partial charge < -0.3 is 24.9 Å². The Bertz CT molecular complexity index is 1240. The summed E-state index contributed by atoms with van der Waals surface area (Å²) in [5.41, 5.74) is 0. The molecular weight excluding hydrogens is 880 g/mol. The number of carbonyl (C=O) groups excluding carboxylic acids is 1. The highest BCUT2D eigenvalue weighted by Gasteiger charge is 2.31. The van der Waals surface area contributed by atoms with E-state index in [0.29, 0.717) is 23.9 Å². The molecule has 0 fully saturated rings. The molecule has 408 valence electrons. The van der Waals surface area contributed by atoms with Crippen LogP contribution in [-0.4, -0.2) is 84.6 Å². The number of quaternary nitrogens is 1. The van der Waals surface area contributed by atoms with E-state index in [2.05, 4.69) is 55.6 Å². The Balaban J connectivity index is 4.05. The molecule has 0 saturated heterocycles. The number of aliphatic hydroxyl groups excluding tert-OH is 2. The summed E-state index contributed by atoms with van der Waals surface area (Å²) >= 11 is 0. The molecule has 0 radical (unpaired) electrons. The number of likely N-dealkylation sites (N-methyl/N-ethyl adjacent to an activating group) is 1. The van der Waals surface area contributed by atoms with Crippen molar-refractivity contribution in [2.75, 3.05) is 40.9 Å². The highest BCUT2D eigenvalue weighted by Crippen LogP contribution is 2.43. The monoisotopic (exact) mass is 996 g/mol. The molecule has 9 nitrogen and oxygen atoms in total. The third-order valence-corrected chi connectivity index (χ3v) is 14.4. The topological polar surface area (TPSA) is 125 Å². The fourth-order valence-corrected chi connectivity index (χ4v) is 9.48. The van der Waals surface area contributed by atoms with E-state index in [1.54, 1.807) is 0 Å². The number of aliphatic hydroxyl groups is 2. The van der Waals surface area contributed by atoms with Crippen LogP contribution in [0.1, 0.15) is 277 Å². The zero-order valence-corrected chi connectivity index (χ0v) is 47.1. The Labute approximate surface area is 428 Å². The van der Waals surface area contributed by atoms with Gasteiger partial charge in [0.15, 0.2) is 0 Å². The van der Waals surface area contributed by atoms with Crippen molar-refractivity contribution in [2.24, 2.45) is 0 Å². The fourth-order valence-electron chi connectivity index (χ4n) is 8.74. The molecule has 0 aliphatic heterocycles. The average molecular weight is 997 g/mol. The van der Waals surface area contributed by atoms with Gasteiger partial charge >= 0.3 is 7.82 Å². The second kappa shape index (κ2) is 50.2. The second-order valence-electron chi connectivity index (χ2n) is 21.5. The molecule has 0 saturated carbocycles. The van der Waals surface area contributed by atoms with Gasteiger partial charge in [0, 0.05) is 6.42 Å². The van der Waals surface area contributed by atoms with Crippen molar-refractivity contribution in [3.05, 3.63) is 36.5 Å². The standard InChI is InChI=1S/C59H115N2O7P/c1-6-8-10-12-14-16-18-20-21-22-23-24-25-26-27-28-29-30-31-32-33-34-35-36-37-38-39-40-42-44-46-48-50-52-58(63)60-56(55-68-69(65,66)67-54-53-61(3,4)5)59(64)57(62)51-49-47-45-43-41-19-17-15-13-11-9-7-2/h15,17,22-23,43,45,56-57,59,62,64H,6-14,16,18-21,24-42,44,46-55H2,1-5H3,(H-,60,63,65,66)/p+1/b17-15+,23-22-,45-43+. The van der Waals surface area contributed by atoms with Crippen molar-refractivity contribution in [3.8, 4) is 0 Å². The molecule has 4 atom stereocenters. The number of carbonyl (C=O) groups is 1. The van der Waals surface area contributed by atoms with Crippen LogP contribution in [0.3, 0.4) is 0 Å². The zero-order valence-electron chi connectivity index (χ0n) is 46.2. The minimum absolute atomic E-state index is 0.0149. The molecule has 1 amide bonds. The third-order valence-electron chi connectivity index (χ3n) is 13.4. The van der Waals surface area contributed by atoms with Gasteiger partial charge in [-0.15, -0.1) is 0 Å². The van der Waals surface area contributed by atoms with Crippen LogP contribution in [0, 0.1) is 0 Å². The van der Waals surface area contributed by atoms with Gasteiger partial charge in [-0.3, -0.25) is 13.8 Å². The van der Waals surface area contributed by atoms with Crippen LogP contribution in [0.25, 0.3) is 0 Å². The molecule has 0 aromatic carbocycles. The Kier molecular flexibility index (Phi) is 49.3. The molecule has 0 bridgehead atoms. The van der Waals surface area contributed by atoms with E-state index in [1.807, 2.05) is 21.1 Å². The highest BCUT2D eigenvalue weighted by molar-refractivity contribution is 7.47. The second-order valence-corrected chi connectivity index (χ2v) is 22.9. The van der Waals surface area contributed by atoms with Gasteiger partial charge in [0.05, 0.1) is 39.9 Å². The van der Waals surface area contributed by atoms with Gasteiger partial charge in [0.1, 0.15) is 19.3 Å². The van der Waals surface area contributed by atoms with Crippen LogP contribution in [-0.2, 0) is 18.4 Å². The highest BCUT2D eigenvalue weighted by atomic mass is 31.2. The summed E-state index contributed by atoms with van der Waals surface area (Å²) in [6.07, 6.45) is 61.2. The van der Waals surface area contributed by atoms with Gasteiger partial charge in [-0.1, -0.05) is 230 Å². The van der Waals surface area contributed by atoms with Crippen molar-refractivity contribution in [1.82, 2.24) is 5.32 Å². The lowest BCUT2D eigenvalue weighted by molar-refractivity contribution is -0.870. The van der Waals surface area contributed by atoms with E-state index in [9.17, 15) is 24.5 Å². The van der Waals surface area contributed by atoms with Gasteiger partial charge in [0.25, 0.3) is 0 Å². The maximum atomic E-state index is 13.0. The summed E-state index contributed by atoms with van der Waals surface area (Å²) in [7, 11) is 1.42. The summed E-state index contributed by atoms with van der Waals surface area (Å²) < 4.78 is 23.6. The Morgan fingerprint density at radius 3 is 1.23 bits per heavy atom. The Hall–Kier alpha value is -1.32. The summed E-state index contributed by atoms with van der Waals surface area (Å²) in [6, 6.07) is -1.05. The number of nitrogens with zero attached hydrogens (tertiary/aromatic N) is 1. The van der Waals surface area contributed by atoms with Gasteiger partial charge in [-0.2, -0.15) is 0 Å². The lowest BCUT2D eigenvalue weighted by Crippen LogP contribution is -2.51. The minimum atomic E-state index is -4.43. The number of hydrogen-bond acceptors (Lipinski definition) is 6. The zero-order chi connectivity index (χ0) is 50.8. The molecule has 69 heavy (non-hydrogen) atoms. The number of rotatable bonds is 54. The van der Waals surface area contributed by atoms with Gasteiger partial charge in [-0.25, -0.2) is 4.57 Å². The first-order valence-corrected chi connectivity index (χ1v) is 30.9. The number of amides is 1. The number of phosphoric acid groups is 1. The first-order chi connectivity index (χ1) is 33.4. The summed E-state index contributed by atoms with van der Waals surface area (Å²) in [4.78, 5) is 23.3. The molecule has 0 spiro atoms. The van der Waals surface area contributed by atoms with Crippen molar-refractivity contribution in [3.63, 3.8) is 0 Å². The van der Waals surface area contributed by atoms with Crippen molar-refractivity contribution in [1.29, 1.82) is 0 Å². The van der Waals surface area contributed by atoms with Crippen molar-refractivity contribution >= 4 is 13.7 Å². The number of nitrogens with one attached hydrogen (secondary N) is 1. The van der Waals surface area contributed by atoms with E-state index in [-0.39, 0.29) is 18.9 Å². The van der Waals surface area contributed by atoms with Crippen LogP contribution in [0.4, 0.5) is 0 Å². The van der Waals surface area contributed by atoms with Crippen LogP contribution in [0.2, 0.25) is 0 Å². The van der Waals surface area contributed by atoms with Gasteiger partial charge in [-0.05, 0) is 77.0 Å². The fraction of sp³-hybridized carbons (Fsp3) is 0.881. The Morgan fingerprint density at radius 2 is 0.826 bits per heavy atom. The maximum absolute atomic E-state index is 13.0. The molecule has 0 aliphatic carbocycles. The quantitative estimate of drug-likeness (QED) is 0.0207.